The van der Waals surface area contributed by atoms with Crippen LogP contribution < -0.4 is 5.32 Å². The van der Waals surface area contributed by atoms with E-state index in [1.165, 1.54) is 6.42 Å². The highest BCUT2D eigenvalue weighted by Gasteiger charge is 2.24. The van der Waals surface area contributed by atoms with Crippen LogP contribution in [0, 0.1) is 5.92 Å². The minimum Gasteiger partial charge on any atom is -0.481 e. The SMILES string of the molecule is CC(C(=O)O)C1CCCCN1. The monoisotopic (exact) mass is 157 g/mol. The van der Waals surface area contributed by atoms with Gasteiger partial charge in [-0.25, -0.2) is 0 Å². The fraction of sp³-hybridized carbons (Fsp3) is 0.875. The lowest BCUT2D eigenvalue weighted by Crippen LogP contribution is -2.41. The van der Waals surface area contributed by atoms with Crippen molar-refractivity contribution >= 4 is 5.97 Å². The largest absolute Gasteiger partial charge is 0.481 e. The third-order valence-corrected chi connectivity index (χ3v) is 2.34. The Balaban J connectivity index is 2.38. The maximum Gasteiger partial charge on any atom is 0.307 e. The molecular formula is C8H15NO2. The second kappa shape index (κ2) is 3.72. The van der Waals surface area contributed by atoms with Gasteiger partial charge in [0.15, 0.2) is 0 Å². The first kappa shape index (κ1) is 8.53. The number of piperidine rings is 1. The Morgan fingerprint density at radius 3 is 2.82 bits per heavy atom. The van der Waals surface area contributed by atoms with Crippen LogP contribution in [0.1, 0.15) is 26.2 Å². The zero-order valence-corrected chi connectivity index (χ0v) is 6.84. The van der Waals surface area contributed by atoms with Gasteiger partial charge in [0.1, 0.15) is 0 Å². The molecule has 2 unspecified atom stereocenters. The summed E-state index contributed by atoms with van der Waals surface area (Å²) in [5.74, 6) is -0.931. The van der Waals surface area contributed by atoms with Crippen molar-refractivity contribution in [1.82, 2.24) is 5.32 Å². The summed E-state index contributed by atoms with van der Waals surface area (Å²) in [5, 5.41) is 11.9. The number of aliphatic carboxylic acids is 1. The Morgan fingerprint density at radius 1 is 1.64 bits per heavy atom. The van der Waals surface area contributed by atoms with Crippen LogP contribution in [0.4, 0.5) is 0 Å². The number of carboxylic acids is 1. The van der Waals surface area contributed by atoms with E-state index < -0.39 is 5.97 Å². The first-order chi connectivity index (χ1) is 5.22. The van der Waals surface area contributed by atoms with Crippen molar-refractivity contribution < 1.29 is 9.90 Å². The average molecular weight is 157 g/mol. The summed E-state index contributed by atoms with van der Waals surface area (Å²) in [6, 6.07) is 0.196. The molecule has 0 aromatic carbocycles. The molecule has 0 spiro atoms. The van der Waals surface area contributed by atoms with Gasteiger partial charge in [0, 0.05) is 6.04 Å². The maximum absolute atomic E-state index is 10.6. The molecule has 0 aliphatic carbocycles. The van der Waals surface area contributed by atoms with Crippen molar-refractivity contribution in [2.24, 2.45) is 5.92 Å². The summed E-state index contributed by atoms with van der Waals surface area (Å²) in [6.07, 6.45) is 3.35. The van der Waals surface area contributed by atoms with Gasteiger partial charge in [0.2, 0.25) is 0 Å². The van der Waals surface area contributed by atoms with Crippen molar-refractivity contribution in [3.63, 3.8) is 0 Å². The number of nitrogens with one attached hydrogen (secondary N) is 1. The van der Waals surface area contributed by atoms with Gasteiger partial charge < -0.3 is 10.4 Å². The molecule has 1 fully saturated rings. The molecular weight excluding hydrogens is 142 g/mol. The fourth-order valence-electron chi connectivity index (χ4n) is 1.48. The normalized spacial score (nSPS) is 27.9. The van der Waals surface area contributed by atoms with Crippen molar-refractivity contribution in [2.75, 3.05) is 6.54 Å². The van der Waals surface area contributed by atoms with Crippen LogP contribution in [-0.2, 0) is 4.79 Å². The number of carboxylic acid groups (broad SMARTS) is 1. The third-order valence-electron chi connectivity index (χ3n) is 2.34. The predicted molar refractivity (Wildman–Crippen MR) is 42.4 cm³/mol. The molecule has 0 amide bonds. The van der Waals surface area contributed by atoms with E-state index in [9.17, 15) is 4.79 Å². The van der Waals surface area contributed by atoms with Gasteiger partial charge in [-0.15, -0.1) is 0 Å². The standard InChI is InChI=1S/C8H15NO2/c1-6(8(10)11)7-4-2-3-5-9-7/h6-7,9H,2-5H2,1H3,(H,10,11). The van der Waals surface area contributed by atoms with Crippen LogP contribution in [-0.4, -0.2) is 23.7 Å². The van der Waals surface area contributed by atoms with Crippen molar-refractivity contribution in [1.29, 1.82) is 0 Å². The lowest BCUT2D eigenvalue weighted by Gasteiger charge is -2.26. The molecule has 0 saturated carbocycles. The molecule has 1 saturated heterocycles. The second-order valence-corrected chi connectivity index (χ2v) is 3.18. The molecule has 0 bridgehead atoms. The highest BCUT2D eigenvalue weighted by atomic mass is 16.4. The van der Waals surface area contributed by atoms with E-state index in [1.54, 1.807) is 6.92 Å². The molecule has 2 N–H and O–H groups in total. The number of hydrogen-bond donors (Lipinski definition) is 2. The molecule has 0 radical (unpaired) electrons. The van der Waals surface area contributed by atoms with Gasteiger partial charge in [-0.05, 0) is 19.4 Å². The van der Waals surface area contributed by atoms with E-state index in [-0.39, 0.29) is 12.0 Å². The topological polar surface area (TPSA) is 49.3 Å². The van der Waals surface area contributed by atoms with Gasteiger partial charge in [0.25, 0.3) is 0 Å². The van der Waals surface area contributed by atoms with Gasteiger partial charge in [-0.2, -0.15) is 0 Å². The van der Waals surface area contributed by atoms with Crippen LogP contribution in [0.15, 0.2) is 0 Å². The second-order valence-electron chi connectivity index (χ2n) is 3.18. The van der Waals surface area contributed by atoms with Crippen LogP contribution in [0.25, 0.3) is 0 Å². The van der Waals surface area contributed by atoms with E-state index in [4.69, 9.17) is 5.11 Å². The maximum atomic E-state index is 10.6. The van der Waals surface area contributed by atoms with E-state index >= 15 is 0 Å². The summed E-state index contributed by atoms with van der Waals surface area (Å²) in [4.78, 5) is 10.6. The van der Waals surface area contributed by atoms with Crippen molar-refractivity contribution in [3.05, 3.63) is 0 Å². The smallest absolute Gasteiger partial charge is 0.307 e. The Hall–Kier alpha value is -0.570. The summed E-state index contributed by atoms with van der Waals surface area (Å²) in [5.41, 5.74) is 0. The van der Waals surface area contributed by atoms with E-state index in [1.807, 2.05) is 0 Å². The lowest BCUT2D eigenvalue weighted by atomic mass is 9.94. The quantitative estimate of drug-likeness (QED) is 0.624. The molecule has 64 valence electrons. The average Bonchev–Trinajstić information content (AvgIpc) is 2.05. The van der Waals surface area contributed by atoms with Crippen LogP contribution in [0.3, 0.4) is 0 Å². The first-order valence-electron chi connectivity index (χ1n) is 4.18. The van der Waals surface area contributed by atoms with Gasteiger partial charge >= 0.3 is 5.97 Å². The van der Waals surface area contributed by atoms with Gasteiger partial charge in [-0.1, -0.05) is 13.3 Å². The number of carbonyl (C=O) groups is 1. The third kappa shape index (κ3) is 2.19. The Kier molecular flexibility index (Phi) is 2.88. The van der Waals surface area contributed by atoms with Gasteiger partial charge in [0.05, 0.1) is 5.92 Å². The molecule has 0 aromatic heterocycles. The molecule has 1 heterocycles. The van der Waals surface area contributed by atoms with Crippen LogP contribution in [0.2, 0.25) is 0 Å². The van der Waals surface area contributed by atoms with Crippen molar-refractivity contribution in [2.45, 2.75) is 32.2 Å². The fourth-order valence-corrected chi connectivity index (χ4v) is 1.48. The van der Waals surface area contributed by atoms with E-state index in [0.29, 0.717) is 0 Å². The highest BCUT2D eigenvalue weighted by molar-refractivity contribution is 5.70. The number of rotatable bonds is 2. The summed E-state index contributed by atoms with van der Waals surface area (Å²) in [7, 11) is 0. The predicted octanol–water partition coefficient (Wildman–Crippen LogP) is 0.849. The molecule has 3 nitrogen and oxygen atoms in total. The summed E-state index contributed by atoms with van der Waals surface area (Å²) < 4.78 is 0. The molecule has 0 aromatic rings. The number of hydrogen-bond acceptors (Lipinski definition) is 2. The first-order valence-corrected chi connectivity index (χ1v) is 4.18. The lowest BCUT2D eigenvalue weighted by molar-refractivity contribution is -0.142. The molecule has 1 rings (SSSR count). The molecule has 2 atom stereocenters. The molecule has 3 heteroatoms. The van der Waals surface area contributed by atoms with E-state index in [2.05, 4.69) is 5.32 Å². The summed E-state index contributed by atoms with van der Waals surface area (Å²) >= 11 is 0. The van der Waals surface area contributed by atoms with Crippen LogP contribution >= 0.6 is 0 Å². The molecule has 1 aliphatic rings. The highest BCUT2D eigenvalue weighted by Crippen LogP contribution is 2.14. The van der Waals surface area contributed by atoms with Crippen LogP contribution in [0.5, 0.6) is 0 Å². The minimum atomic E-state index is -0.690. The molecule has 11 heavy (non-hydrogen) atoms. The zero-order valence-electron chi connectivity index (χ0n) is 6.84. The molecule has 1 aliphatic heterocycles. The van der Waals surface area contributed by atoms with E-state index in [0.717, 1.165) is 19.4 Å². The van der Waals surface area contributed by atoms with Gasteiger partial charge in [-0.3, -0.25) is 4.79 Å². The Bertz CT molecular complexity index is 141. The van der Waals surface area contributed by atoms with Crippen molar-refractivity contribution in [3.8, 4) is 0 Å². The Morgan fingerprint density at radius 2 is 2.36 bits per heavy atom. The summed E-state index contributed by atoms with van der Waals surface area (Å²) in [6.45, 7) is 2.74. The zero-order chi connectivity index (χ0) is 8.27. The Labute approximate surface area is 66.8 Å². The minimum absolute atomic E-state index is 0.196.